The summed E-state index contributed by atoms with van der Waals surface area (Å²) in [6, 6.07) is 20.6. The van der Waals surface area contributed by atoms with Crippen molar-refractivity contribution in [3.63, 3.8) is 0 Å². The Kier molecular flexibility index (Phi) is 5.94. The zero-order valence-corrected chi connectivity index (χ0v) is 18.3. The van der Waals surface area contributed by atoms with Gasteiger partial charge in [-0.3, -0.25) is 9.59 Å². The number of aromatic nitrogens is 1. The zero-order chi connectivity index (χ0) is 22.7. The minimum absolute atomic E-state index is 0.269. The van der Waals surface area contributed by atoms with E-state index in [0.717, 1.165) is 33.3 Å². The normalized spacial score (nSPS) is 10.7. The summed E-state index contributed by atoms with van der Waals surface area (Å²) in [5, 5.41) is 6.66. The Bertz CT molecular complexity index is 1290. The van der Waals surface area contributed by atoms with E-state index in [0.29, 0.717) is 23.5 Å². The van der Waals surface area contributed by atoms with Gasteiger partial charge in [-0.05, 0) is 55.8 Å². The number of hydrogen-bond acceptors (Lipinski definition) is 3. The number of amides is 2. The number of H-pyrrole nitrogens is 1. The van der Waals surface area contributed by atoms with Crippen molar-refractivity contribution in [2.24, 2.45) is 0 Å². The summed E-state index contributed by atoms with van der Waals surface area (Å²) >= 11 is 0. The Morgan fingerprint density at radius 3 is 2.41 bits per heavy atom. The Hall–Kier alpha value is -4.06. The van der Waals surface area contributed by atoms with Crippen LogP contribution in [0.1, 0.15) is 37.5 Å². The first-order valence-electron chi connectivity index (χ1n) is 10.4. The Labute approximate surface area is 186 Å². The Balaban J connectivity index is 1.63. The highest BCUT2D eigenvalue weighted by atomic mass is 16.5. The molecule has 2 amide bonds. The molecule has 1 aromatic heterocycles. The van der Waals surface area contributed by atoms with Gasteiger partial charge in [0.2, 0.25) is 0 Å². The maximum Gasteiger partial charge on any atom is 0.270 e. The van der Waals surface area contributed by atoms with E-state index in [1.165, 1.54) is 0 Å². The summed E-state index contributed by atoms with van der Waals surface area (Å²) < 4.78 is 5.24. The van der Waals surface area contributed by atoms with Crippen molar-refractivity contribution in [3.05, 3.63) is 94.7 Å². The lowest BCUT2D eigenvalue weighted by Gasteiger charge is -2.10. The van der Waals surface area contributed by atoms with E-state index < -0.39 is 0 Å². The maximum atomic E-state index is 13.1. The molecule has 3 aromatic carbocycles. The smallest absolute Gasteiger partial charge is 0.270 e. The van der Waals surface area contributed by atoms with Crippen LogP contribution in [0.4, 0.5) is 5.69 Å². The lowest BCUT2D eigenvalue weighted by atomic mass is 10.1. The molecule has 0 atom stereocenters. The van der Waals surface area contributed by atoms with Crippen molar-refractivity contribution in [1.82, 2.24) is 10.3 Å². The van der Waals surface area contributed by atoms with Crippen LogP contribution in [0.3, 0.4) is 0 Å². The highest BCUT2D eigenvalue weighted by molar-refractivity contribution is 6.15. The van der Waals surface area contributed by atoms with Gasteiger partial charge in [-0.1, -0.05) is 41.5 Å². The molecule has 0 aliphatic carbocycles. The van der Waals surface area contributed by atoms with Crippen LogP contribution in [0.2, 0.25) is 0 Å². The molecule has 6 heteroatoms. The predicted molar refractivity (Wildman–Crippen MR) is 126 cm³/mol. The molecule has 0 saturated carbocycles. The second-order valence-corrected chi connectivity index (χ2v) is 7.78. The molecule has 6 nitrogen and oxygen atoms in total. The molecule has 0 fully saturated rings. The number of ether oxygens (including phenoxy) is 1. The lowest BCUT2D eigenvalue weighted by Crippen LogP contribution is -2.25. The third-order valence-electron chi connectivity index (χ3n) is 5.32. The van der Waals surface area contributed by atoms with Crippen LogP contribution in [-0.2, 0) is 6.54 Å². The van der Waals surface area contributed by atoms with E-state index >= 15 is 0 Å². The Morgan fingerprint density at radius 1 is 0.906 bits per heavy atom. The number of rotatable bonds is 6. The van der Waals surface area contributed by atoms with Crippen LogP contribution < -0.4 is 15.4 Å². The fraction of sp³-hybridized carbons (Fsp3) is 0.154. The van der Waals surface area contributed by atoms with Gasteiger partial charge in [0, 0.05) is 23.0 Å². The summed E-state index contributed by atoms with van der Waals surface area (Å²) in [5.41, 5.74) is 5.11. The quantitative estimate of drug-likeness (QED) is 0.406. The van der Waals surface area contributed by atoms with Gasteiger partial charge in [-0.25, -0.2) is 0 Å². The zero-order valence-electron chi connectivity index (χ0n) is 18.3. The average Bonchev–Trinajstić information content (AvgIpc) is 3.15. The number of carbonyl (C=O) groups excluding carboxylic acids is 2. The predicted octanol–water partition coefficient (Wildman–Crippen LogP) is 4.98. The van der Waals surface area contributed by atoms with Gasteiger partial charge in [0.15, 0.2) is 0 Å². The molecule has 0 unspecified atom stereocenters. The van der Waals surface area contributed by atoms with Gasteiger partial charge in [0.25, 0.3) is 11.8 Å². The number of hydrogen-bond donors (Lipinski definition) is 3. The van der Waals surface area contributed by atoms with Gasteiger partial charge in [-0.2, -0.15) is 0 Å². The molecule has 0 aliphatic heterocycles. The van der Waals surface area contributed by atoms with Crippen LogP contribution in [0, 0.1) is 13.8 Å². The third-order valence-corrected chi connectivity index (χ3v) is 5.32. The summed E-state index contributed by atoms with van der Waals surface area (Å²) in [6.07, 6.45) is 0. The molecule has 0 aliphatic rings. The molecule has 0 spiro atoms. The molecule has 0 bridgehead atoms. The molecule has 1 heterocycles. The number of fused-ring (bicyclic) bond motifs is 1. The van der Waals surface area contributed by atoms with Crippen LogP contribution >= 0.6 is 0 Å². The minimum atomic E-state index is -0.305. The largest absolute Gasteiger partial charge is 0.497 e. The highest BCUT2D eigenvalue weighted by Crippen LogP contribution is 2.29. The van der Waals surface area contributed by atoms with Crippen LogP contribution in [0.5, 0.6) is 5.75 Å². The summed E-state index contributed by atoms with van der Waals surface area (Å²) in [4.78, 5) is 29.2. The SMILES string of the molecule is COc1cccc(CNC(=O)c2[nH]c3ccc(C)cc3c2NC(=O)c2ccc(C)cc2)c1. The van der Waals surface area contributed by atoms with Crippen LogP contribution in [-0.4, -0.2) is 23.9 Å². The monoisotopic (exact) mass is 427 g/mol. The van der Waals surface area contributed by atoms with Crippen molar-refractivity contribution < 1.29 is 14.3 Å². The van der Waals surface area contributed by atoms with Gasteiger partial charge < -0.3 is 20.4 Å². The van der Waals surface area contributed by atoms with Gasteiger partial charge >= 0.3 is 0 Å². The fourth-order valence-corrected chi connectivity index (χ4v) is 3.55. The molecule has 4 aromatic rings. The van der Waals surface area contributed by atoms with E-state index in [4.69, 9.17) is 4.74 Å². The van der Waals surface area contributed by atoms with Crippen molar-refractivity contribution in [2.75, 3.05) is 12.4 Å². The number of aromatic amines is 1. The molecule has 3 N–H and O–H groups in total. The topological polar surface area (TPSA) is 83.2 Å². The summed E-state index contributed by atoms with van der Waals surface area (Å²) in [5.74, 6) is 0.152. The van der Waals surface area contributed by atoms with E-state index in [1.807, 2.05) is 68.4 Å². The van der Waals surface area contributed by atoms with Gasteiger partial charge in [0.1, 0.15) is 11.4 Å². The third kappa shape index (κ3) is 4.49. The van der Waals surface area contributed by atoms with E-state index in [2.05, 4.69) is 15.6 Å². The van der Waals surface area contributed by atoms with Crippen LogP contribution in [0.25, 0.3) is 10.9 Å². The molecule has 4 rings (SSSR count). The molecule has 162 valence electrons. The van der Waals surface area contributed by atoms with Crippen molar-refractivity contribution in [1.29, 1.82) is 0 Å². The number of carbonyl (C=O) groups is 2. The average molecular weight is 428 g/mol. The second kappa shape index (κ2) is 8.98. The molecule has 0 saturated heterocycles. The first-order chi connectivity index (χ1) is 15.4. The first kappa shape index (κ1) is 21.2. The highest BCUT2D eigenvalue weighted by Gasteiger charge is 2.20. The number of aryl methyl sites for hydroxylation is 2. The molecular weight excluding hydrogens is 402 g/mol. The van der Waals surface area contributed by atoms with Crippen molar-refractivity contribution in [2.45, 2.75) is 20.4 Å². The fourth-order valence-electron chi connectivity index (χ4n) is 3.55. The number of benzene rings is 3. The van der Waals surface area contributed by atoms with Crippen molar-refractivity contribution in [3.8, 4) is 5.75 Å². The van der Waals surface area contributed by atoms with E-state index in [9.17, 15) is 9.59 Å². The van der Waals surface area contributed by atoms with Crippen molar-refractivity contribution >= 4 is 28.4 Å². The number of nitrogens with one attached hydrogen (secondary N) is 3. The Morgan fingerprint density at radius 2 is 1.66 bits per heavy atom. The minimum Gasteiger partial charge on any atom is -0.497 e. The molecule has 32 heavy (non-hydrogen) atoms. The van der Waals surface area contributed by atoms with Gasteiger partial charge in [-0.15, -0.1) is 0 Å². The second-order valence-electron chi connectivity index (χ2n) is 7.78. The summed E-state index contributed by atoms with van der Waals surface area (Å²) in [6.45, 7) is 4.27. The van der Waals surface area contributed by atoms with E-state index in [-0.39, 0.29) is 11.8 Å². The van der Waals surface area contributed by atoms with Crippen LogP contribution in [0.15, 0.2) is 66.7 Å². The molecular formula is C26H25N3O3. The molecule has 0 radical (unpaired) electrons. The number of anilines is 1. The first-order valence-corrected chi connectivity index (χ1v) is 10.4. The van der Waals surface area contributed by atoms with Gasteiger partial charge in [0.05, 0.1) is 12.8 Å². The number of methoxy groups -OCH3 is 1. The van der Waals surface area contributed by atoms with E-state index in [1.54, 1.807) is 19.2 Å². The maximum absolute atomic E-state index is 13.1. The standard InChI is InChI=1S/C26H25N3O3/c1-16-7-10-19(11-8-16)25(30)29-23-21-13-17(2)9-12-22(21)28-24(23)26(31)27-15-18-5-4-6-20(14-18)32-3/h4-14,28H,15H2,1-3H3,(H,27,31)(H,29,30). The summed E-state index contributed by atoms with van der Waals surface area (Å²) in [7, 11) is 1.60. The lowest BCUT2D eigenvalue weighted by molar-refractivity contribution is 0.0947.